The van der Waals surface area contributed by atoms with Gasteiger partial charge in [0, 0.05) is 24.7 Å². The topological polar surface area (TPSA) is 52.7 Å². The summed E-state index contributed by atoms with van der Waals surface area (Å²) in [5, 5.41) is 3.30. The van der Waals surface area contributed by atoms with Crippen LogP contribution in [0.4, 0.5) is 4.79 Å². The molecule has 0 atom stereocenters. The smallest absolute Gasteiger partial charge is 0.324 e. The maximum Gasteiger partial charge on any atom is 0.324 e. The summed E-state index contributed by atoms with van der Waals surface area (Å²) in [6.07, 6.45) is 0. The highest BCUT2D eigenvalue weighted by Gasteiger charge is 2.26. The van der Waals surface area contributed by atoms with E-state index in [4.69, 9.17) is 11.6 Å². The molecule has 5 nitrogen and oxygen atoms in total. The summed E-state index contributed by atoms with van der Waals surface area (Å²) >= 11 is 5.82. The number of urea groups is 1. The molecule has 2 rings (SSSR count). The van der Waals surface area contributed by atoms with Crippen LogP contribution in [0.25, 0.3) is 0 Å². The zero-order valence-corrected chi connectivity index (χ0v) is 11.5. The largest absolute Gasteiger partial charge is 0.336 e. The molecule has 0 spiro atoms. The third kappa shape index (κ3) is 3.68. The molecule has 6 heteroatoms. The summed E-state index contributed by atoms with van der Waals surface area (Å²) < 4.78 is 0. The first-order chi connectivity index (χ1) is 9.06. The zero-order valence-electron chi connectivity index (χ0n) is 10.7. The number of likely N-dealkylation sites (N-methyl/N-ethyl adjacent to an activating group) is 1. The summed E-state index contributed by atoms with van der Waals surface area (Å²) in [6, 6.07) is 7.18. The third-order valence-electron chi connectivity index (χ3n) is 2.93. The molecule has 19 heavy (non-hydrogen) atoms. The number of nitrogens with one attached hydrogen (secondary N) is 1. The number of imide groups is 1. The SMILES string of the molecule is CN(CC(=O)N1CCNC1=O)Cc1ccc(Cl)cc1. The fourth-order valence-electron chi connectivity index (χ4n) is 1.98. The first-order valence-corrected chi connectivity index (χ1v) is 6.45. The van der Waals surface area contributed by atoms with Crippen molar-refractivity contribution in [1.29, 1.82) is 0 Å². The first-order valence-electron chi connectivity index (χ1n) is 6.07. The number of amides is 3. The monoisotopic (exact) mass is 281 g/mol. The van der Waals surface area contributed by atoms with Crippen molar-refractivity contribution in [1.82, 2.24) is 15.1 Å². The van der Waals surface area contributed by atoms with Crippen LogP contribution in [-0.2, 0) is 11.3 Å². The number of carbonyl (C=O) groups is 2. The van der Waals surface area contributed by atoms with Crippen molar-refractivity contribution in [3.8, 4) is 0 Å². The van der Waals surface area contributed by atoms with Crippen molar-refractivity contribution in [2.45, 2.75) is 6.54 Å². The van der Waals surface area contributed by atoms with E-state index in [0.717, 1.165) is 5.56 Å². The Hall–Kier alpha value is -1.59. The van der Waals surface area contributed by atoms with Gasteiger partial charge in [-0.25, -0.2) is 4.79 Å². The maximum absolute atomic E-state index is 11.9. The van der Waals surface area contributed by atoms with Gasteiger partial charge in [0.05, 0.1) is 6.54 Å². The number of nitrogens with zero attached hydrogens (tertiary/aromatic N) is 2. The Kier molecular flexibility index (Phi) is 4.39. The van der Waals surface area contributed by atoms with Gasteiger partial charge in [-0.3, -0.25) is 14.6 Å². The number of hydrogen-bond donors (Lipinski definition) is 1. The molecule has 102 valence electrons. The van der Waals surface area contributed by atoms with Crippen molar-refractivity contribution in [2.75, 3.05) is 26.7 Å². The molecule has 1 aromatic carbocycles. The minimum Gasteiger partial charge on any atom is -0.336 e. The lowest BCUT2D eigenvalue weighted by Gasteiger charge is -2.19. The van der Waals surface area contributed by atoms with Gasteiger partial charge >= 0.3 is 6.03 Å². The van der Waals surface area contributed by atoms with Gasteiger partial charge in [0.1, 0.15) is 0 Å². The molecule has 0 bridgehead atoms. The highest BCUT2D eigenvalue weighted by molar-refractivity contribution is 6.30. The first kappa shape index (κ1) is 13.8. The predicted octanol–water partition coefficient (Wildman–Crippen LogP) is 1.32. The molecular weight excluding hydrogens is 266 g/mol. The fraction of sp³-hybridized carbons (Fsp3) is 0.385. The maximum atomic E-state index is 11.9. The Bertz CT molecular complexity index is 475. The van der Waals surface area contributed by atoms with Gasteiger partial charge in [0.2, 0.25) is 5.91 Å². The molecule has 1 saturated heterocycles. The lowest BCUT2D eigenvalue weighted by atomic mass is 10.2. The van der Waals surface area contributed by atoms with Crippen molar-refractivity contribution in [3.63, 3.8) is 0 Å². The van der Waals surface area contributed by atoms with E-state index in [1.54, 1.807) is 0 Å². The lowest BCUT2D eigenvalue weighted by molar-refractivity contribution is -0.128. The van der Waals surface area contributed by atoms with E-state index >= 15 is 0 Å². The molecule has 0 saturated carbocycles. The number of hydrogen-bond acceptors (Lipinski definition) is 3. The fourth-order valence-corrected chi connectivity index (χ4v) is 2.11. The van der Waals surface area contributed by atoms with Crippen LogP contribution in [-0.4, -0.2) is 48.4 Å². The molecule has 1 fully saturated rings. The van der Waals surface area contributed by atoms with E-state index in [1.165, 1.54) is 4.90 Å². The van der Waals surface area contributed by atoms with Crippen LogP contribution in [0.2, 0.25) is 5.02 Å². The highest BCUT2D eigenvalue weighted by Crippen LogP contribution is 2.11. The molecule has 0 aromatic heterocycles. The van der Waals surface area contributed by atoms with E-state index in [0.29, 0.717) is 24.7 Å². The average Bonchev–Trinajstić information content (AvgIpc) is 2.78. The van der Waals surface area contributed by atoms with Gasteiger partial charge in [-0.15, -0.1) is 0 Å². The van der Waals surface area contributed by atoms with Crippen molar-refractivity contribution >= 4 is 23.5 Å². The summed E-state index contributed by atoms with van der Waals surface area (Å²) in [5.74, 6) is -0.175. The summed E-state index contributed by atoms with van der Waals surface area (Å²) in [4.78, 5) is 26.4. The molecule has 0 unspecified atom stereocenters. The van der Waals surface area contributed by atoms with Gasteiger partial charge in [0.25, 0.3) is 0 Å². The van der Waals surface area contributed by atoms with E-state index in [9.17, 15) is 9.59 Å². The van der Waals surface area contributed by atoms with Crippen molar-refractivity contribution < 1.29 is 9.59 Å². The van der Waals surface area contributed by atoms with Crippen molar-refractivity contribution in [3.05, 3.63) is 34.9 Å². The number of benzene rings is 1. The Morgan fingerprint density at radius 2 is 2.11 bits per heavy atom. The summed E-state index contributed by atoms with van der Waals surface area (Å²) in [7, 11) is 1.85. The Labute approximate surface area is 117 Å². The van der Waals surface area contributed by atoms with Crippen LogP contribution >= 0.6 is 11.6 Å². The number of halogens is 1. The Balaban J connectivity index is 1.87. The standard InChI is InChI=1S/C13H16ClN3O2/c1-16(8-10-2-4-11(14)5-3-10)9-12(18)17-7-6-15-13(17)19/h2-5H,6-9H2,1H3,(H,15,19). The summed E-state index contributed by atoms with van der Waals surface area (Å²) in [6.45, 7) is 1.84. The van der Waals surface area contributed by atoms with Crippen LogP contribution in [0.1, 0.15) is 5.56 Å². The molecule has 1 aliphatic rings. The molecule has 3 amide bonds. The normalized spacial score (nSPS) is 14.9. The van der Waals surface area contributed by atoms with Crippen LogP contribution < -0.4 is 5.32 Å². The molecule has 1 heterocycles. The molecule has 0 aliphatic carbocycles. The second-order valence-electron chi connectivity index (χ2n) is 4.58. The zero-order chi connectivity index (χ0) is 13.8. The minimum absolute atomic E-state index is 0.175. The molecule has 1 aliphatic heterocycles. The second-order valence-corrected chi connectivity index (χ2v) is 5.01. The Morgan fingerprint density at radius 3 is 2.68 bits per heavy atom. The van der Waals surface area contributed by atoms with Gasteiger partial charge < -0.3 is 5.32 Å². The van der Waals surface area contributed by atoms with Crippen LogP contribution in [0.5, 0.6) is 0 Å². The van der Waals surface area contributed by atoms with Gasteiger partial charge in [-0.05, 0) is 24.7 Å². The number of carbonyl (C=O) groups excluding carboxylic acids is 2. The van der Waals surface area contributed by atoms with Crippen molar-refractivity contribution in [2.24, 2.45) is 0 Å². The molecule has 1 N–H and O–H groups in total. The third-order valence-corrected chi connectivity index (χ3v) is 3.18. The van der Waals surface area contributed by atoms with Gasteiger partial charge in [0.15, 0.2) is 0 Å². The van der Waals surface area contributed by atoms with Crippen LogP contribution in [0.3, 0.4) is 0 Å². The Morgan fingerprint density at radius 1 is 1.42 bits per heavy atom. The minimum atomic E-state index is -0.301. The lowest BCUT2D eigenvalue weighted by Crippen LogP contribution is -2.40. The van der Waals surface area contributed by atoms with E-state index in [1.807, 2.05) is 36.2 Å². The van der Waals surface area contributed by atoms with Crippen LogP contribution in [0.15, 0.2) is 24.3 Å². The highest BCUT2D eigenvalue weighted by atomic mass is 35.5. The van der Waals surface area contributed by atoms with E-state index in [-0.39, 0.29) is 18.5 Å². The van der Waals surface area contributed by atoms with E-state index < -0.39 is 0 Å². The average molecular weight is 282 g/mol. The molecule has 0 radical (unpaired) electrons. The summed E-state index contributed by atoms with van der Waals surface area (Å²) in [5.41, 5.74) is 1.07. The van der Waals surface area contributed by atoms with E-state index in [2.05, 4.69) is 5.32 Å². The van der Waals surface area contributed by atoms with Crippen LogP contribution in [0, 0.1) is 0 Å². The number of rotatable bonds is 4. The molecular formula is C13H16ClN3O2. The molecule has 1 aromatic rings. The van der Waals surface area contributed by atoms with Gasteiger partial charge in [-0.1, -0.05) is 23.7 Å². The predicted molar refractivity (Wildman–Crippen MR) is 72.9 cm³/mol. The second kappa shape index (κ2) is 6.04. The van der Waals surface area contributed by atoms with Gasteiger partial charge in [-0.2, -0.15) is 0 Å². The quantitative estimate of drug-likeness (QED) is 0.906.